The number of benzene rings is 1. The average molecular weight is 286 g/mol. The molecule has 0 bridgehead atoms. The van der Waals surface area contributed by atoms with Crippen LogP contribution in [0.4, 0.5) is 4.79 Å². The number of urea groups is 1. The summed E-state index contributed by atoms with van der Waals surface area (Å²) in [4.78, 5) is 22.0. The molecule has 2 amide bonds. The quantitative estimate of drug-likeness (QED) is 0.508. The van der Waals surface area contributed by atoms with Crippen LogP contribution in [-0.4, -0.2) is 30.3 Å². The summed E-state index contributed by atoms with van der Waals surface area (Å²) in [6.45, 7) is 0.519. The number of amides is 2. The van der Waals surface area contributed by atoms with Crippen LogP contribution in [0.25, 0.3) is 0 Å². The summed E-state index contributed by atoms with van der Waals surface area (Å²) in [5, 5.41) is 5.89. The molecule has 0 saturated carbocycles. The fourth-order valence-corrected chi connectivity index (χ4v) is 1.74. The Morgan fingerprint density at radius 3 is 2.95 bits per heavy atom. The third-order valence-electron chi connectivity index (χ3n) is 2.51. The number of nitrogens with zero attached hydrogens (tertiary/aromatic N) is 2. The fraction of sp³-hybridized carbons (Fsp3) is 0.364. The Balaban J connectivity index is 1.91. The van der Waals surface area contributed by atoms with Crippen molar-refractivity contribution in [2.24, 2.45) is 5.29 Å². The summed E-state index contributed by atoms with van der Waals surface area (Å²) in [6, 6.07) is 4.74. The van der Waals surface area contributed by atoms with Crippen LogP contribution in [0.3, 0.4) is 0 Å². The largest absolute Gasteiger partial charge is 0.454 e. The number of nitrogens with one attached hydrogen (secondary N) is 1. The van der Waals surface area contributed by atoms with Gasteiger partial charge < -0.3 is 14.8 Å². The normalized spacial score (nSPS) is 12.1. The highest BCUT2D eigenvalue weighted by Crippen LogP contribution is 2.32. The van der Waals surface area contributed by atoms with Crippen LogP contribution >= 0.6 is 11.6 Å². The van der Waals surface area contributed by atoms with Gasteiger partial charge in [0.25, 0.3) is 0 Å². The molecule has 0 radical (unpaired) electrons. The van der Waals surface area contributed by atoms with Crippen molar-refractivity contribution in [1.82, 2.24) is 10.3 Å². The van der Waals surface area contributed by atoms with E-state index in [9.17, 15) is 9.70 Å². The van der Waals surface area contributed by atoms with Crippen molar-refractivity contribution in [2.45, 2.75) is 6.54 Å². The van der Waals surface area contributed by atoms with Crippen LogP contribution in [0.2, 0.25) is 0 Å². The zero-order valence-electron chi connectivity index (χ0n) is 9.97. The minimum Gasteiger partial charge on any atom is -0.454 e. The molecule has 19 heavy (non-hydrogen) atoms. The maximum absolute atomic E-state index is 11.6. The van der Waals surface area contributed by atoms with E-state index in [2.05, 4.69) is 10.6 Å². The predicted octanol–water partition coefficient (Wildman–Crippen LogP) is 1.85. The molecule has 1 aliphatic rings. The first-order chi connectivity index (χ1) is 9.24. The lowest BCUT2D eigenvalue weighted by Crippen LogP contribution is -2.36. The summed E-state index contributed by atoms with van der Waals surface area (Å²) < 4.78 is 10.4. The van der Waals surface area contributed by atoms with E-state index >= 15 is 0 Å². The molecule has 0 aliphatic carbocycles. The van der Waals surface area contributed by atoms with Crippen molar-refractivity contribution >= 4 is 17.6 Å². The fourth-order valence-electron chi connectivity index (χ4n) is 1.58. The van der Waals surface area contributed by atoms with Crippen molar-refractivity contribution in [3.63, 3.8) is 0 Å². The highest BCUT2D eigenvalue weighted by Gasteiger charge is 2.15. The van der Waals surface area contributed by atoms with Gasteiger partial charge in [0.1, 0.15) is 0 Å². The second kappa shape index (κ2) is 6.24. The van der Waals surface area contributed by atoms with E-state index in [4.69, 9.17) is 21.1 Å². The van der Waals surface area contributed by atoms with Gasteiger partial charge in [0, 0.05) is 12.4 Å². The molecule has 1 N–H and O–H groups in total. The minimum absolute atomic E-state index is 0.0675. The van der Waals surface area contributed by atoms with E-state index in [-0.39, 0.29) is 25.8 Å². The number of hydrogen-bond acceptors (Lipinski definition) is 5. The molecule has 0 atom stereocenters. The van der Waals surface area contributed by atoms with Gasteiger partial charge in [-0.2, -0.15) is 5.01 Å². The smallest absolute Gasteiger partial charge is 0.340 e. The number of nitroso groups, excluding NO2 is 1. The van der Waals surface area contributed by atoms with Gasteiger partial charge in [0.15, 0.2) is 11.5 Å². The molecule has 1 heterocycles. The highest BCUT2D eigenvalue weighted by atomic mass is 35.5. The number of hydrogen-bond donors (Lipinski definition) is 1. The second-order valence-electron chi connectivity index (χ2n) is 3.74. The van der Waals surface area contributed by atoms with Gasteiger partial charge in [0.2, 0.25) is 6.79 Å². The van der Waals surface area contributed by atoms with E-state index in [1.54, 1.807) is 18.2 Å². The number of carbonyl (C=O) groups excluding carboxylic acids is 1. The number of carbonyl (C=O) groups is 1. The third kappa shape index (κ3) is 3.25. The molecule has 0 saturated heterocycles. The standard InChI is InChI=1S/C11H12ClN3O4/c12-3-4-15(14-17)11(16)13-6-8-1-2-9-10(5-8)19-7-18-9/h1-2,5H,3-4,6-7H2,(H,13,16). The molecule has 1 aliphatic heterocycles. The van der Waals surface area contributed by atoms with Gasteiger partial charge in [-0.1, -0.05) is 6.07 Å². The number of fused-ring (bicyclic) bond motifs is 1. The van der Waals surface area contributed by atoms with Crippen LogP contribution in [0, 0.1) is 4.91 Å². The maximum Gasteiger partial charge on any atom is 0.340 e. The molecule has 0 aromatic heterocycles. The number of rotatable bonds is 5. The summed E-state index contributed by atoms with van der Waals surface area (Å²) in [7, 11) is 0. The van der Waals surface area contributed by atoms with Gasteiger partial charge in [0.05, 0.1) is 11.8 Å². The Labute approximate surface area is 114 Å². The van der Waals surface area contributed by atoms with Crippen molar-refractivity contribution in [1.29, 1.82) is 0 Å². The first-order valence-corrected chi connectivity index (χ1v) is 6.11. The first kappa shape index (κ1) is 13.4. The molecule has 0 fully saturated rings. The van der Waals surface area contributed by atoms with Crippen LogP contribution in [0.15, 0.2) is 23.5 Å². The highest BCUT2D eigenvalue weighted by molar-refractivity contribution is 6.18. The maximum atomic E-state index is 11.6. The Kier molecular flexibility index (Phi) is 4.40. The van der Waals surface area contributed by atoms with Crippen LogP contribution < -0.4 is 14.8 Å². The summed E-state index contributed by atoms with van der Waals surface area (Å²) in [5.41, 5.74) is 0.828. The Morgan fingerprint density at radius 2 is 2.21 bits per heavy atom. The summed E-state index contributed by atoms with van der Waals surface area (Å²) in [5.74, 6) is 1.45. The number of alkyl halides is 1. The van der Waals surface area contributed by atoms with E-state index in [1.165, 1.54) is 0 Å². The van der Waals surface area contributed by atoms with Crippen molar-refractivity contribution < 1.29 is 14.3 Å². The number of halogens is 1. The lowest BCUT2D eigenvalue weighted by molar-refractivity contribution is 0.174. The Bertz CT molecular complexity index is 483. The molecule has 102 valence electrons. The molecule has 1 aromatic carbocycles. The zero-order chi connectivity index (χ0) is 13.7. The predicted molar refractivity (Wildman–Crippen MR) is 68.0 cm³/mol. The molecule has 2 rings (SSSR count). The summed E-state index contributed by atoms with van der Waals surface area (Å²) in [6.07, 6.45) is 0. The van der Waals surface area contributed by atoms with E-state index < -0.39 is 6.03 Å². The van der Waals surface area contributed by atoms with Gasteiger partial charge >= 0.3 is 6.03 Å². The topological polar surface area (TPSA) is 80.2 Å². The van der Waals surface area contributed by atoms with Crippen LogP contribution in [0.5, 0.6) is 11.5 Å². The minimum atomic E-state index is -0.590. The van der Waals surface area contributed by atoms with Crippen molar-refractivity contribution in [2.75, 3.05) is 19.2 Å². The van der Waals surface area contributed by atoms with Crippen LogP contribution in [0.1, 0.15) is 5.56 Å². The van der Waals surface area contributed by atoms with Crippen molar-refractivity contribution in [3.8, 4) is 11.5 Å². The van der Waals surface area contributed by atoms with Gasteiger partial charge in [-0.3, -0.25) is 0 Å². The van der Waals surface area contributed by atoms with Gasteiger partial charge in [-0.05, 0) is 17.7 Å². The molecule has 7 nitrogen and oxygen atoms in total. The molecular weight excluding hydrogens is 274 g/mol. The lowest BCUT2D eigenvalue weighted by atomic mass is 10.2. The average Bonchev–Trinajstić information content (AvgIpc) is 2.89. The number of ether oxygens (including phenoxy) is 2. The Hall–Kier alpha value is -2.02. The first-order valence-electron chi connectivity index (χ1n) is 5.57. The van der Waals surface area contributed by atoms with Gasteiger partial charge in [-0.25, -0.2) is 4.79 Å². The van der Waals surface area contributed by atoms with Crippen LogP contribution in [-0.2, 0) is 6.54 Å². The molecular formula is C11H12ClN3O4. The Morgan fingerprint density at radius 1 is 1.42 bits per heavy atom. The molecule has 0 unspecified atom stereocenters. The van der Waals surface area contributed by atoms with Gasteiger partial charge in [-0.15, -0.1) is 16.5 Å². The third-order valence-corrected chi connectivity index (χ3v) is 2.68. The molecule has 0 spiro atoms. The van der Waals surface area contributed by atoms with Crippen molar-refractivity contribution in [3.05, 3.63) is 28.7 Å². The molecule has 1 aromatic rings. The SMILES string of the molecule is O=NN(CCCl)C(=O)NCc1ccc2c(c1)OCO2. The zero-order valence-corrected chi connectivity index (χ0v) is 10.7. The second-order valence-corrected chi connectivity index (χ2v) is 4.12. The van der Waals surface area contributed by atoms with E-state index in [0.29, 0.717) is 11.5 Å². The lowest BCUT2D eigenvalue weighted by Gasteiger charge is -2.12. The van der Waals surface area contributed by atoms with E-state index in [1.807, 2.05) is 0 Å². The van der Waals surface area contributed by atoms with E-state index in [0.717, 1.165) is 10.6 Å². The molecule has 8 heteroatoms. The summed E-state index contributed by atoms with van der Waals surface area (Å²) >= 11 is 5.45. The monoisotopic (exact) mass is 285 g/mol.